The molecule has 0 spiro atoms. The number of rotatable bonds is 10. The van der Waals surface area contributed by atoms with Crippen molar-refractivity contribution in [3.8, 4) is 5.75 Å². The number of fused-ring (bicyclic) bond motifs is 1. The number of aryl methyl sites for hydroxylation is 1. The highest BCUT2D eigenvalue weighted by Gasteiger charge is 2.33. The molecule has 3 aromatic carbocycles. The maximum Gasteiger partial charge on any atom is 0.253 e. The van der Waals surface area contributed by atoms with Crippen LogP contribution in [-0.2, 0) is 11.2 Å². The first-order valence-corrected chi connectivity index (χ1v) is 16.1. The third-order valence-electron chi connectivity index (χ3n) is 9.31. The summed E-state index contributed by atoms with van der Waals surface area (Å²) in [7, 11) is 0. The van der Waals surface area contributed by atoms with Gasteiger partial charge >= 0.3 is 0 Å². The molecule has 0 radical (unpaired) electrons. The van der Waals surface area contributed by atoms with Crippen LogP contribution in [0, 0.1) is 0 Å². The lowest BCUT2D eigenvalue weighted by Gasteiger charge is -2.41. The molecule has 1 atom stereocenters. The number of carbonyl (C=O) groups is 2. The fourth-order valence-corrected chi connectivity index (χ4v) is 6.76. The first-order valence-electron chi connectivity index (χ1n) is 16.1. The summed E-state index contributed by atoms with van der Waals surface area (Å²) in [4.78, 5) is 34.7. The van der Waals surface area contributed by atoms with Gasteiger partial charge in [0.2, 0.25) is 5.91 Å². The molecule has 2 fully saturated rings. The van der Waals surface area contributed by atoms with E-state index >= 15 is 0 Å². The maximum atomic E-state index is 13.2. The van der Waals surface area contributed by atoms with Crippen LogP contribution >= 0.6 is 0 Å². The first kappa shape index (κ1) is 30.3. The number of nitrogens with zero attached hydrogens (tertiary/aromatic N) is 4. The normalized spacial score (nSPS) is 19.1. The van der Waals surface area contributed by atoms with Crippen molar-refractivity contribution < 1.29 is 19.4 Å². The number of hydrogen-bond acceptors (Lipinski definition) is 6. The van der Waals surface area contributed by atoms with Crippen LogP contribution in [-0.4, -0.2) is 96.6 Å². The molecule has 8 nitrogen and oxygen atoms in total. The van der Waals surface area contributed by atoms with Gasteiger partial charge in [-0.05, 0) is 67.1 Å². The Labute approximate surface area is 260 Å². The van der Waals surface area contributed by atoms with Crippen LogP contribution < -0.4 is 9.64 Å². The number of carbonyl (C=O) groups excluding carboxylic acids is 2. The fourth-order valence-electron chi connectivity index (χ4n) is 6.76. The van der Waals surface area contributed by atoms with Crippen LogP contribution in [0.5, 0.6) is 5.75 Å². The van der Waals surface area contributed by atoms with Crippen molar-refractivity contribution in [3.63, 3.8) is 0 Å². The van der Waals surface area contributed by atoms with Crippen molar-refractivity contribution in [2.45, 2.75) is 44.2 Å². The summed E-state index contributed by atoms with van der Waals surface area (Å²) in [6.07, 6.45) is 3.44. The van der Waals surface area contributed by atoms with E-state index in [1.807, 2.05) is 76.5 Å². The summed E-state index contributed by atoms with van der Waals surface area (Å²) < 4.78 is 5.99. The highest BCUT2D eigenvalue weighted by Crippen LogP contribution is 2.32. The Bertz CT molecular complexity index is 1380. The Morgan fingerprint density at radius 3 is 2.25 bits per heavy atom. The second-order valence-corrected chi connectivity index (χ2v) is 12.2. The van der Waals surface area contributed by atoms with Gasteiger partial charge in [0.1, 0.15) is 5.75 Å². The van der Waals surface area contributed by atoms with Crippen LogP contribution in [0.3, 0.4) is 0 Å². The number of amides is 2. The summed E-state index contributed by atoms with van der Waals surface area (Å²) in [5, 5.41) is 10.5. The topological polar surface area (TPSA) is 76.6 Å². The van der Waals surface area contributed by atoms with E-state index in [2.05, 4.69) is 21.9 Å². The average Bonchev–Trinajstić information content (AvgIpc) is 3.08. The van der Waals surface area contributed by atoms with E-state index in [4.69, 9.17) is 4.74 Å². The Hall–Kier alpha value is -3.72. The predicted octanol–water partition coefficient (Wildman–Crippen LogP) is 4.39. The number of likely N-dealkylation sites (tertiary alicyclic amines) is 1. The summed E-state index contributed by atoms with van der Waals surface area (Å²) in [6.45, 7) is 7.50. The number of para-hydroxylation sites is 1. The smallest absolute Gasteiger partial charge is 0.253 e. The molecule has 44 heavy (non-hydrogen) atoms. The van der Waals surface area contributed by atoms with Gasteiger partial charge in [-0.3, -0.25) is 14.5 Å². The van der Waals surface area contributed by atoms with E-state index < -0.39 is 6.10 Å². The Kier molecular flexibility index (Phi) is 9.90. The molecule has 0 bridgehead atoms. The number of piperazine rings is 1. The molecule has 0 aliphatic carbocycles. The van der Waals surface area contributed by atoms with Crippen molar-refractivity contribution in [2.75, 3.05) is 63.9 Å². The van der Waals surface area contributed by atoms with E-state index in [0.29, 0.717) is 38.2 Å². The van der Waals surface area contributed by atoms with Gasteiger partial charge in [-0.15, -0.1) is 0 Å². The number of aliphatic hydroxyl groups excluding tert-OH is 1. The zero-order chi connectivity index (χ0) is 30.3. The number of β-amino-alcohol motifs (C(OH)–C–C–N with tert-alkyl or cyclic N) is 1. The Morgan fingerprint density at radius 1 is 0.818 bits per heavy atom. The van der Waals surface area contributed by atoms with Crippen LogP contribution in [0.25, 0.3) is 0 Å². The minimum absolute atomic E-state index is 0.0378. The molecule has 3 aliphatic rings. The fraction of sp³-hybridized carbons (Fsp3) is 0.444. The number of ether oxygens (including phenoxy) is 1. The van der Waals surface area contributed by atoms with Crippen molar-refractivity contribution in [1.29, 1.82) is 0 Å². The first-order chi connectivity index (χ1) is 21.5. The lowest BCUT2D eigenvalue weighted by molar-refractivity contribution is -0.119. The molecule has 1 unspecified atom stereocenters. The van der Waals surface area contributed by atoms with Gasteiger partial charge < -0.3 is 24.5 Å². The van der Waals surface area contributed by atoms with E-state index in [9.17, 15) is 14.7 Å². The molecule has 8 heteroatoms. The lowest BCUT2D eigenvalue weighted by atomic mass is 9.95. The van der Waals surface area contributed by atoms with Gasteiger partial charge in [0.25, 0.3) is 5.91 Å². The zero-order valence-electron chi connectivity index (χ0n) is 25.5. The highest BCUT2D eigenvalue weighted by atomic mass is 16.5. The molecule has 3 heterocycles. The minimum Gasteiger partial charge on any atom is -0.494 e. The maximum absolute atomic E-state index is 13.2. The Balaban J connectivity index is 0.892. The third-order valence-corrected chi connectivity index (χ3v) is 9.31. The second-order valence-electron chi connectivity index (χ2n) is 12.2. The molecular weight excluding hydrogens is 552 g/mol. The average molecular weight is 597 g/mol. The zero-order valence-corrected chi connectivity index (χ0v) is 25.5. The van der Waals surface area contributed by atoms with Crippen LogP contribution in [0.4, 0.5) is 5.69 Å². The van der Waals surface area contributed by atoms with Crippen molar-refractivity contribution in [3.05, 3.63) is 95.6 Å². The number of aliphatic hydroxyl groups is 1. The van der Waals surface area contributed by atoms with Gasteiger partial charge in [-0.2, -0.15) is 0 Å². The van der Waals surface area contributed by atoms with Gasteiger partial charge in [0.15, 0.2) is 0 Å². The molecule has 2 saturated heterocycles. The summed E-state index contributed by atoms with van der Waals surface area (Å²) >= 11 is 0. The SMILES string of the molecule is O=C(c1ccc(OCCCN2CCN(CC(O)c3ccccc3)CC2)cc1)N1CCC(N2C(=O)CCc3ccccc32)CC1. The number of anilines is 1. The monoisotopic (exact) mass is 596 g/mol. The largest absolute Gasteiger partial charge is 0.494 e. The molecule has 0 aromatic heterocycles. The minimum atomic E-state index is -0.444. The molecule has 1 N–H and O–H groups in total. The Morgan fingerprint density at radius 2 is 1.50 bits per heavy atom. The van der Waals surface area contributed by atoms with E-state index in [-0.39, 0.29) is 17.9 Å². The quantitative estimate of drug-likeness (QED) is 0.350. The summed E-state index contributed by atoms with van der Waals surface area (Å²) in [5.41, 5.74) is 3.93. The summed E-state index contributed by atoms with van der Waals surface area (Å²) in [5.74, 6) is 1.01. The van der Waals surface area contributed by atoms with Crippen LogP contribution in [0.2, 0.25) is 0 Å². The highest BCUT2D eigenvalue weighted by molar-refractivity contribution is 5.97. The molecule has 3 aliphatic heterocycles. The van der Waals surface area contributed by atoms with Gasteiger partial charge in [-0.25, -0.2) is 0 Å². The van der Waals surface area contributed by atoms with Gasteiger partial charge in [0.05, 0.1) is 12.7 Å². The molecule has 3 aromatic rings. The molecule has 2 amide bonds. The van der Waals surface area contributed by atoms with E-state index in [1.165, 1.54) is 5.56 Å². The number of hydrogen-bond donors (Lipinski definition) is 1. The van der Waals surface area contributed by atoms with Crippen molar-refractivity contribution in [1.82, 2.24) is 14.7 Å². The molecule has 0 saturated carbocycles. The summed E-state index contributed by atoms with van der Waals surface area (Å²) in [6, 6.07) is 25.7. The molecular formula is C36H44N4O4. The third kappa shape index (κ3) is 7.32. The molecule has 6 rings (SSSR count). The predicted molar refractivity (Wildman–Crippen MR) is 172 cm³/mol. The van der Waals surface area contributed by atoms with E-state index in [1.54, 1.807) is 0 Å². The number of benzene rings is 3. The molecule has 232 valence electrons. The van der Waals surface area contributed by atoms with Gasteiger partial charge in [-0.1, -0.05) is 48.5 Å². The van der Waals surface area contributed by atoms with Crippen LogP contribution in [0.15, 0.2) is 78.9 Å². The second kappa shape index (κ2) is 14.4. The number of piperidine rings is 1. The van der Waals surface area contributed by atoms with Crippen LogP contribution in [0.1, 0.15) is 53.3 Å². The van der Waals surface area contributed by atoms with Gasteiger partial charge in [0, 0.05) is 76.1 Å². The standard InChI is InChI=1S/C36H44N4O4/c41-34(29-8-2-1-3-9-29)27-38-24-22-37(23-25-38)19-6-26-44-32-14-11-30(12-15-32)36(43)39-20-17-31(18-21-39)40-33-10-5-4-7-28(33)13-16-35(40)42/h1-5,7-12,14-15,31,34,41H,6,13,16-27H2. The lowest BCUT2D eigenvalue weighted by Crippen LogP contribution is -2.50. The van der Waals surface area contributed by atoms with Crippen molar-refractivity contribution in [2.24, 2.45) is 0 Å². The van der Waals surface area contributed by atoms with Crippen molar-refractivity contribution >= 4 is 17.5 Å². The van der Waals surface area contributed by atoms with E-state index in [0.717, 1.165) is 75.4 Å².